The second-order valence-electron chi connectivity index (χ2n) is 7.33. The van der Waals surface area contributed by atoms with Crippen molar-refractivity contribution in [1.82, 2.24) is 10.2 Å². The van der Waals surface area contributed by atoms with Crippen molar-refractivity contribution in [3.63, 3.8) is 0 Å². The lowest BCUT2D eigenvalue weighted by Gasteiger charge is -2.38. The molecule has 1 saturated heterocycles. The number of amidine groups is 1. The van der Waals surface area contributed by atoms with Crippen LogP contribution in [-0.2, 0) is 0 Å². The van der Waals surface area contributed by atoms with Crippen molar-refractivity contribution in [2.45, 2.75) is 63.5 Å². The lowest BCUT2D eigenvalue weighted by molar-refractivity contribution is 0.232. The molecule has 1 spiro atoms. The van der Waals surface area contributed by atoms with Gasteiger partial charge in [-0.2, -0.15) is 0 Å². The molecule has 1 N–H and O–H groups in total. The lowest BCUT2D eigenvalue weighted by atomic mass is 9.75. The van der Waals surface area contributed by atoms with Crippen LogP contribution >= 0.6 is 11.8 Å². The summed E-state index contributed by atoms with van der Waals surface area (Å²) in [5.41, 5.74) is 0.559. The number of hydrogen-bond donors (Lipinski definition) is 1. The van der Waals surface area contributed by atoms with E-state index in [9.17, 15) is 0 Å². The maximum atomic E-state index is 4.91. The summed E-state index contributed by atoms with van der Waals surface area (Å²) in [5.74, 6) is 1.30. The zero-order valence-corrected chi connectivity index (χ0v) is 13.3. The first kappa shape index (κ1) is 13.4. The lowest BCUT2D eigenvalue weighted by Crippen LogP contribution is -2.41. The Morgan fingerprint density at radius 2 is 2.00 bits per heavy atom. The fourth-order valence-electron chi connectivity index (χ4n) is 4.09. The molecule has 2 aliphatic heterocycles. The quantitative estimate of drug-likeness (QED) is 0.848. The third kappa shape index (κ3) is 2.87. The van der Waals surface area contributed by atoms with Crippen molar-refractivity contribution in [1.29, 1.82) is 0 Å². The summed E-state index contributed by atoms with van der Waals surface area (Å²) in [6, 6.07) is 1.58. The van der Waals surface area contributed by atoms with E-state index in [4.69, 9.17) is 4.99 Å². The van der Waals surface area contributed by atoms with Gasteiger partial charge in [0.1, 0.15) is 0 Å². The van der Waals surface area contributed by atoms with Crippen LogP contribution < -0.4 is 5.32 Å². The molecule has 1 atom stereocenters. The first-order valence-corrected chi connectivity index (χ1v) is 9.49. The molecule has 3 nitrogen and oxygen atoms in total. The second-order valence-corrected chi connectivity index (χ2v) is 8.29. The van der Waals surface area contributed by atoms with E-state index in [2.05, 4.69) is 10.2 Å². The smallest absolute Gasteiger partial charge is 0.156 e. The van der Waals surface area contributed by atoms with Crippen LogP contribution in [0.25, 0.3) is 0 Å². The fourth-order valence-corrected chi connectivity index (χ4v) is 5.32. The van der Waals surface area contributed by atoms with Gasteiger partial charge in [-0.05, 0) is 37.5 Å². The largest absolute Gasteiger partial charge is 0.361 e. The van der Waals surface area contributed by atoms with Crippen LogP contribution in [0, 0.1) is 5.41 Å². The van der Waals surface area contributed by atoms with Gasteiger partial charge in [-0.15, -0.1) is 0 Å². The molecular formula is C16H27N3S. The summed E-state index contributed by atoms with van der Waals surface area (Å²) in [6.45, 7) is 3.63. The molecule has 0 radical (unpaired) electrons. The predicted molar refractivity (Wildman–Crippen MR) is 86.4 cm³/mol. The summed E-state index contributed by atoms with van der Waals surface area (Å²) >= 11 is 2.00. The molecule has 2 aliphatic carbocycles. The minimum Gasteiger partial charge on any atom is -0.361 e. The molecule has 2 heterocycles. The van der Waals surface area contributed by atoms with Gasteiger partial charge in [-0.25, -0.2) is 0 Å². The summed E-state index contributed by atoms with van der Waals surface area (Å²) in [7, 11) is 0. The predicted octanol–water partition coefficient (Wildman–Crippen LogP) is 2.87. The van der Waals surface area contributed by atoms with Crippen molar-refractivity contribution in [3.8, 4) is 0 Å². The van der Waals surface area contributed by atoms with Crippen molar-refractivity contribution in [2.24, 2.45) is 10.4 Å². The van der Waals surface area contributed by atoms with Gasteiger partial charge < -0.3 is 5.32 Å². The molecule has 4 heteroatoms. The highest BCUT2D eigenvalue weighted by Crippen LogP contribution is 2.41. The minimum absolute atomic E-state index is 0.559. The Hall–Kier alpha value is -0.220. The van der Waals surface area contributed by atoms with Crippen LogP contribution in [0.4, 0.5) is 0 Å². The van der Waals surface area contributed by atoms with E-state index in [-0.39, 0.29) is 0 Å². The molecule has 0 amide bonds. The van der Waals surface area contributed by atoms with E-state index in [0.717, 1.165) is 12.6 Å². The SMILES string of the molecule is C1CCC2(CC1)CN=C(NC1CCN(C3CC3)C1)SC2. The van der Waals surface area contributed by atoms with Crippen molar-refractivity contribution >= 4 is 16.9 Å². The maximum absolute atomic E-state index is 4.91. The number of nitrogens with zero attached hydrogens (tertiary/aromatic N) is 2. The number of rotatable bonds is 2. The van der Waals surface area contributed by atoms with Gasteiger partial charge in [0.15, 0.2) is 5.17 Å². The number of hydrogen-bond acceptors (Lipinski definition) is 4. The van der Waals surface area contributed by atoms with E-state index in [1.807, 2.05) is 11.8 Å². The van der Waals surface area contributed by atoms with Gasteiger partial charge >= 0.3 is 0 Å². The monoisotopic (exact) mass is 293 g/mol. The fraction of sp³-hybridized carbons (Fsp3) is 0.938. The van der Waals surface area contributed by atoms with E-state index < -0.39 is 0 Å². The maximum Gasteiger partial charge on any atom is 0.156 e. The van der Waals surface area contributed by atoms with Crippen molar-refractivity contribution in [2.75, 3.05) is 25.4 Å². The topological polar surface area (TPSA) is 27.6 Å². The highest BCUT2D eigenvalue weighted by molar-refractivity contribution is 8.13. The Morgan fingerprint density at radius 1 is 1.15 bits per heavy atom. The molecular weight excluding hydrogens is 266 g/mol. The molecule has 2 saturated carbocycles. The number of aliphatic imine (C=N–C) groups is 1. The zero-order chi connectivity index (χ0) is 13.4. The summed E-state index contributed by atoms with van der Waals surface area (Å²) in [6.07, 6.45) is 11.3. The first-order valence-electron chi connectivity index (χ1n) is 8.51. The average molecular weight is 293 g/mol. The Balaban J connectivity index is 1.29. The van der Waals surface area contributed by atoms with Gasteiger partial charge in [-0.1, -0.05) is 31.0 Å². The third-order valence-corrected chi connectivity index (χ3v) is 6.87. The zero-order valence-electron chi connectivity index (χ0n) is 12.4. The van der Waals surface area contributed by atoms with Crippen molar-refractivity contribution in [3.05, 3.63) is 0 Å². The van der Waals surface area contributed by atoms with Gasteiger partial charge in [0.05, 0.1) is 0 Å². The van der Waals surface area contributed by atoms with E-state index in [1.54, 1.807) is 0 Å². The summed E-state index contributed by atoms with van der Waals surface area (Å²) in [5, 5.41) is 4.96. The first-order chi connectivity index (χ1) is 9.83. The highest BCUT2D eigenvalue weighted by atomic mass is 32.2. The van der Waals surface area contributed by atoms with Crippen LogP contribution in [-0.4, -0.2) is 47.5 Å². The normalized spacial score (nSPS) is 34.2. The molecule has 4 rings (SSSR count). The van der Waals surface area contributed by atoms with E-state index in [1.165, 1.54) is 75.4 Å². The molecule has 3 fully saturated rings. The van der Waals surface area contributed by atoms with Crippen molar-refractivity contribution < 1.29 is 0 Å². The van der Waals surface area contributed by atoms with Crippen LogP contribution in [0.2, 0.25) is 0 Å². The number of nitrogens with one attached hydrogen (secondary N) is 1. The van der Waals surface area contributed by atoms with Gasteiger partial charge in [0.25, 0.3) is 0 Å². The van der Waals surface area contributed by atoms with Crippen LogP contribution in [0.5, 0.6) is 0 Å². The Kier molecular flexibility index (Phi) is 3.71. The Labute approximate surface area is 127 Å². The number of thioether (sulfide) groups is 1. The average Bonchev–Trinajstić information content (AvgIpc) is 3.23. The molecule has 0 bridgehead atoms. The van der Waals surface area contributed by atoms with Gasteiger partial charge in [-0.3, -0.25) is 9.89 Å². The van der Waals surface area contributed by atoms with Crippen LogP contribution in [0.3, 0.4) is 0 Å². The molecule has 0 aromatic heterocycles. The molecule has 112 valence electrons. The Bertz CT molecular complexity index is 385. The molecule has 20 heavy (non-hydrogen) atoms. The summed E-state index contributed by atoms with van der Waals surface area (Å²) < 4.78 is 0. The van der Waals surface area contributed by atoms with Crippen LogP contribution in [0.1, 0.15) is 51.4 Å². The van der Waals surface area contributed by atoms with Gasteiger partial charge in [0.2, 0.25) is 0 Å². The van der Waals surface area contributed by atoms with Crippen LogP contribution in [0.15, 0.2) is 4.99 Å². The molecule has 1 unspecified atom stereocenters. The standard InChI is InChI=1S/C16H27N3S/c1-2-7-16(8-3-1)11-17-15(20-12-16)18-13-6-9-19(10-13)14-4-5-14/h13-14H,1-12H2,(H,17,18). The molecule has 0 aromatic rings. The third-order valence-electron chi connectivity index (χ3n) is 5.60. The highest BCUT2D eigenvalue weighted by Gasteiger charge is 2.37. The Morgan fingerprint density at radius 3 is 2.70 bits per heavy atom. The minimum atomic E-state index is 0.559. The number of likely N-dealkylation sites (tertiary alicyclic amines) is 1. The van der Waals surface area contributed by atoms with E-state index >= 15 is 0 Å². The van der Waals surface area contributed by atoms with Gasteiger partial charge in [0, 0.05) is 37.5 Å². The summed E-state index contributed by atoms with van der Waals surface area (Å²) in [4.78, 5) is 7.58. The van der Waals surface area contributed by atoms with E-state index in [0.29, 0.717) is 11.5 Å². The molecule has 4 aliphatic rings. The second kappa shape index (κ2) is 5.53. The molecule has 0 aromatic carbocycles.